The van der Waals surface area contributed by atoms with Gasteiger partial charge in [0.25, 0.3) is 0 Å². The van der Waals surface area contributed by atoms with Crippen LogP contribution in [0.3, 0.4) is 0 Å². The molecule has 0 aliphatic rings. The lowest BCUT2D eigenvalue weighted by molar-refractivity contribution is 0.548. The largest absolute Gasteiger partial charge is 0.271 e. The summed E-state index contributed by atoms with van der Waals surface area (Å²) in [7, 11) is 0. The monoisotopic (exact) mass is 268 g/mol. The van der Waals surface area contributed by atoms with E-state index < -0.39 is 0 Å². The van der Waals surface area contributed by atoms with Gasteiger partial charge in [-0.3, -0.25) is 11.3 Å². The van der Waals surface area contributed by atoms with E-state index in [-0.39, 0.29) is 6.04 Å². The van der Waals surface area contributed by atoms with Crippen LogP contribution >= 0.6 is 0 Å². The maximum Gasteiger partial charge on any atom is 0.0503 e. The molecule has 0 aromatic heterocycles. The highest BCUT2D eigenvalue weighted by Crippen LogP contribution is 2.25. The number of nitrogens with two attached hydrogens (primary N) is 1. The smallest absolute Gasteiger partial charge is 0.0503 e. The fourth-order valence-corrected chi connectivity index (χ4v) is 2.68. The van der Waals surface area contributed by atoms with E-state index in [1.807, 2.05) is 0 Å². The van der Waals surface area contributed by atoms with Gasteiger partial charge in [0.05, 0.1) is 6.04 Å². The van der Waals surface area contributed by atoms with Gasteiger partial charge >= 0.3 is 0 Å². The Hall–Kier alpha value is -1.64. The lowest BCUT2D eigenvalue weighted by Gasteiger charge is -2.21. The van der Waals surface area contributed by atoms with E-state index in [1.165, 1.54) is 33.4 Å². The second-order valence-corrected chi connectivity index (χ2v) is 5.64. The summed E-state index contributed by atoms with van der Waals surface area (Å²) < 4.78 is 0. The van der Waals surface area contributed by atoms with E-state index in [9.17, 15) is 0 Å². The highest BCUT2D eigenvalue weighted by atomic mass is 15.2. The molecule has 1 atom stereocenters. The van der Waals surface area contributed by atoms with E-state index in [0.29, 0.717) is 0 Å². The molecule has 0 bridgehead atoms. The van der Waals surface area contributed by atoms with Crippen LogP contribution in [-0.4, -0.2) is 0 Å². The minimum absolute atomic E-state index is 0.149. The predicted molar refractivity (Wildman–Crippen MR) is 85.6 cm³/mol. The van der Waals surface area contributed by atoms with Gasteiger partial charge < -0.3 is 0 Å². The topological polar surface area (TPSA) is 38.0 Å². The molecular weight excluding hydrogens is 244 g/mol. The molecular formula is C18H24N2. The quantitative estimate of drug-likeness (QED) is 0.656. The van der Waals surface area contributed by atoms with Gasteiger partial charge in [-0.1, -0.05) is 36.4 Å². The Morgan fingerprint density at radius 1 is 0.900 bits per heavy atom. The highest BCUT2D eigenvalue weighted by Gasteiger charge is 2.15. The van der Waals surface area contributed by atoms with E-state index in [1.54, 1.807) is 0 Å². The number of hydrogen-bond acceptors (Lipinski definition) is 2. The molecule has 2 aromatic carbocycles. The van der Waals surface area contributed by atoms with Crippen LogP contribution < -0.4 is 11.3 Å². The Kier molecular flexibility index (Phi) is 4.58. The molecule has 20 heavy (non-hydrogen) atoms. The molecule has 1 unspecified atom stereocenters. The second-order valence-electron chi connectivity index (χ2n) is 5.64. The lowest BCUT2D eigenvalue weighted by atomic mass is 9.91. The van der Waals surface area contributed by atoms with Crippen LogP contribution in [0, 0.1) is 27.7 Å². The zero-order valence-electron chi connectivity index (χ0n) is 12.8. The molecule has 0 amide bonds. The Morgan fingerprint density at radius 3 is 2.20 bits per heavy atom. The standard InChI is InChI=1S/C18H24N2/c1-12-7-5-6-8-16(12)11-18(20-19)17-10-14(3)13(2)9-15(17)4/h5-10,18,20H,11,19H2,1-4H3. The highest BCUT2D eigenvalue weighted by molar-refractivity contribution is 5.39. The van der Waals surface area contributed by atoms with Crippen molar-refractivity contribution in [2.24, 2.45) is 5.84 Å². The lowest BCUT2D eigenvalue weighted by Crippen LogP contribution is -2.30. The van der Waals surface area contributed by atoms with Gasteiger partial charge in [0.1, 0.15) is 0 Å². The zero-order chi connectivity index (χ0) is 14.7. The summed E-state index contributed by atoms with van der Waals surface area (Å²) in [5, 5.41) is 0. The van der Waals surface area contributed by atoms with Gasteiger partial charge in [-0.15, -0.1) is 0 Å². The molecule has 0 saturated carbocycles. The van der Waals surface area contributed by atoms with Crippen molar-refractivity contribution in [2.75, 3.05) is 0 Å². The first-order valence-electron chi connectivity index (χ1n) is 7.11. The number of hydrazine groups is 1. The second kappa shape index (κ2) is 6.21. The SMILES string of the molecule is Cc1cc(C)c(C(Cc2ccccc2C)NN)cc1C. The Labute approximate surface area is 122 Å². The normalized spacial score (nSPS) is 12.4. The first kappa shape index (κ1) is 14.8. The Morgan fingerprint density at radius 2 is 1.55 bits per heavy atom. The van der Waals surface area contributed by atoms with Crippen LogP contribution in [0.5, 0.6) is 0 Å². The molecule has 0 spiro atoms. The summed E-state index contributed by atoms with van der Waals surface area (Å²) in [6.07, 6.45) is 0.909. The summed E-state index contributed by atoms with van der Waals surface area (Å²) in [5.74, 6) is 5.81. The van der Waals surface area contributed by atoms with Crippen LogP contribution in [0.15, 0.2) is 36.4 Å². The van der Waals surface area contributed by atoms with E-state index in [4.69, 9.17) is 5.84 Å². The number of rotatable bonds is 4. The molecule has 106 valence electrons. The molecule has 2 heteroatoms. The molecule has 0 radical (unpaired) electrons. The third kappa shape index (κ3) is 3.09. The molecule has 3 N–H and O–H groups in total. The first-order chi connectivity index (χ1) is 9.52. The fraction of sp³-hybridized carbons (Fsp3) is 0.333. The molecule has 0 aliphatic carbocycles. The molecule has 2 aromatic rings. The Balaban J connectivity index is 2.34. The summed E-state index contributed by atoms with van der Waals surface area (Å²) in [4.78, 5) is 0. The van der Waals surface area contributed by atoms with Crippen molar-refractivity contribution in [3.05, 3.63) is 69.8 Å². The maximum atomic E-state index is 5.81. The summed E-state index contributed by atoms with van der Waals surface area (Å²) in [5.41, 5.74) is 10.9. The minimum Gasteiger partial charge on any atom is -0.271 e. The minimum atomic E-state index is 0.149. The van der Waals surface area contributed by atoms with Crippen molar-refractivity contribution in [2.45, 2.75) is 40.2 Å². The average molecular weight is 268 g/mol. The van der Waals surface area contributed by atoms with Crippen LogP contribution in [0.25, 0.3) is 0 Å². The molecule has 2 rings (SSSR count). The van der Waals surface area contributed by atoms with Crippen molar-refractivity contribution >= 4 is 0 Å². The van der Waals surface area contributed by atoms with Crippen molar-refractivity contribution in [3.8, 4) is 0 Å². The molecule has 0 aliphatic heterocycles. The van der Waals surface area contributed by atoms with Crippen LogP contribution in [-0.2, 0) is 6.42 Å². The van der Waals surface area contributed by atoms with Crippen molar-refractivity contribution in [3.63, 3.8) is 0 Å². The molecule has 0 fully saturated rings. The van der Waals surface area contributed by atoms with Gasteiger partial charge in [-0.25, -0.2) is 0 Å². The number of nitrogens with one attached hydrogen (secondary N) is 1. The molecule has 2 nitrogen and oxygen atoms in total. The van der Waals surface area contributed by atoms with E-state index in [2.05, 4.69) is 69.5 Å². The zero-order valence-corrected chi connectivity index (χ0v) is 12.8. The van der Waals surface area contributed by atoms with Gasteiger partial charge in [0, 0.05) is 0 Å². The van der Waals surface area contributed by atoms with Gasteiger partial charge in [-0.05, 0) is 67.5 Å². The van der Waals surface area contributed by atoms with Crippen LogP contribution in [0.1, 0.15) is 39.4 Å². The summed E-state index contributed by atoms with van der Waals surface area (Å²) in [6, 6.07) is 13.1. The van der Waals surface area contributed by atoms with Crippen LogP contribution in [0.2, 0.25) is 0 Å². The van der Waals surface area contributed by atoms with Gasteiger partial charge in [-0.2, -0.15) is 0 Å². The fourth-order valence-electron chi connectivity index (χ4n) is 2.68. The molecule has 0 heterocycles. The molecule has 0 saturated heterocycles. The van der Waals surface area contributed by atoms with Crippen molar-refractivity contribution < 1.29 is 0 Å². The third-order valence-electron chi connectivity index (χ3n) is 4.14. The maximum absolute atomic E-state index is 5.81. The number of benzene rings is 2. The van der Waals surface area contributed by atoms with Crippen LogP contribution in [0.4, 0.5) is 0 Å². The summed E-state index contributed by atoms with van der Waals surface area (Å²) in [6.45, 7) is 8.61. The summed E-state index contributed by atoms with van der Waals surface area (Å²) >= 11 is 0. The van der Waals surface area contributed by atoms with E-state index >= 15 is 0 Å². The van der Waals surface area contributed by atoms with Gasteiger partial charge in [0.2, 0.25) is 0 Å². The third-order valence-corrected chi connectivity index (χ3v) is 4.14. The first-order valence-corrected chi connectivity index (χ1v) is 7.11. The predicted octanol–water partition coefficient (Wildman–Crippen LogP) is 3.67. The van der Waals surface area contributed by atoms with E-state index in [0.717, 1.165) is 6.42 Å². The van der Waals surface area contributed by atoms with Crippen molar-refractivity contribution in [1.29, 1.82) is 0 Å². The average Bonchev–Trinajstić information content (AvgIpc) is 2.42. The van der Waals surface area contributed by atoms with Gasteiger partial charge in [0.15, 0.2) is 0 Å². The number of aryl methyl sites for hydroxylation is 4. The van der Waals surface area contributed by atoms with Crippen molar-refractivity contribution in [1.82, 2.24) is 5.43 Å². The Bertz CT molecular complexity index is 602. The number of hydrogen-bond donors (Lipinski definition) is 2.